The number of halogens is 3. The van der Waals surface area contributed by atoms with Crippen LogP contribution in [0, 0.1) is 17.5 Å². The fraction of sp³-hybridized carbons (Fsp3) is 0.538. The van der Waals surface area contributed by atoms with Gasteiger partial charge in [-0.1, -0.05) is 6.92 Å². The summed E-state index contributed by atoms with van der Waals surface area (Å²) < 4.78 is 39.3. The molecule has 0 aromatic heterocycles. The molecule has 0 bridgehead atoms. The summed E-state index contributed by atoms with van der Waals surface area (Å²) in [6, 6.07) is 2.76. The summed E-state index contributed by atoms with van der Waals surface area (Å²) >= 11 is 0. The lowest BCUT2D eigenvalue weighted by molar-refractivity contribution is 0.440. The predicted octanol–water partition coefficient (Wildman–Crippen LogP) is 3.35. The van der Waals surface area contributed by atoms with E-state index in [1.165, 1.54) is 0 Å². The van der Waals surface area contributed by atoms with Crippen molar-refractivity contribution < 1.29 is 13.2 Å². The Bertz CT molecular complexity index is 396. The molecule has 3 unspecified atom stereocenters. The zero-order valence-electron chi connectivity index (χ0n) is 9.93. The number of hydrogen-bond donors (Lipinski definition) is 1. The van der Waals surface area contributed by atoms with Crippen LogP contribution in [0.5, 0.6) is 0 Å². The van der Waals surface area contributed by atoms with Gasteiger partial charge in [0.05, 0.1) is 0 Å². The Balaban J connectivity index is 2.34. The molecule has 1 N–H and O–H groups in total. The summed E-state index contributed by atoms with van der Waals surface area (Å²) in [4.78, 5) is 0. The molecule has 3 atom stereocenters. The molecule has 1 aromatic rings. The van der Waals surface area contributed by atoms with Gasteiger partial charge in [0, 0.05) is 18.0 Å². The zero-order valence-corrected chi connectivity index (χ0v) is 9.93. The molecule has 1 aromatic carbocycles. The van der Waals surface area contributed by atoms with E-state index in [1.54, 1.807) is 0 Å². The van der Waals surface area contributed by atoms with E-state index in [9.17, 15) is 13.2 Å². The van der Waals surface area contributed by atoms with Gasteiger partial charge in [0.1, 0.15) is 0 Å². The first kappa shape index (κ1) is 12.4. The zero-order chi connectivity index (χ0) is 12.6. The molecule has 2 rings (SSSR count). The van der Waals surface area contributed by atoms with Gasteiger partial charge in [0.25, 0.3) is 0 Å². The Morgan fingerprint density at radius 1 is 1.24 bits per heavy atom. The average molecular weight is 243 g/mol. The Morgan fingerprint density at radius 3 is 2.35 bits per heavy atom. The smallest absolute Gasteiger partial charge is 0.194 e. The van der Waals surface area contributed by atoms with Crippen molar-refractivity contribution in [3.63, 3.8) is 0 Å². The third kappa shape index (κ3) is 2.32. The van der Waals surface area contributed by atoms with Crippen LogP contribution < -0.4 is 5.32 Å². The van der Waals surface area contributed by atoms with E-state index in [0.29, 0.717) is 11.6 Å². The molecule has 0 radical (unpaired) electrons. The van der Waals surface area contributed by atoms with Gasteiger partial charge >= 0.3 is 0 Å². The van der Waals surface area contributed by atoms with Gasteiger partial charge in [-0.25, -0.2) is 13.2 Å². The van der Waals surface area contributed by atoms with Crippen LogP contribution in [-0.2, 0) is 0 Å². The van der Waals surface area contributed by atoms with Crippen molar-refractivity contribution in [2.75, 3.05) is 0 Å². The Morgan fingerprint density at radius 2 is 1.82 bits per heavy atom. The lowest BCUT2D eigenvalue weighted by Gasteiger charge is -2.18. The highest BCUT2D eigenvalue weighted by atomic mass is 19.2. The highest BCUT2D eigenvalue weighted by Gasteiger charge is 2.32. The molecule has 17 heavy (non-hydrogen) atoms. The number of benzene rings is 1. The van der Waals surface area contributed by atoms with Crippen molar-refractivity contribution in [1.82, 2.24) is 5.32 Å². The summed E-state index contributed by atoms with van der Waals surface area (Å²) in [5.41, 5.74) is 0.546. The summed E-state index contributed by atoms with van der Waals surface area (Å²) in [7, 11) is 0. The number of hydrogen-bond acceptors (Lipinski definition) is 1. The van der Waals surface area contributed by atoms with Gasteiger partial charge in [-0.15, -0.1) is 0 Å². The van der Waals surface area contributed by atoms with Crippen molar-refractivity contribution in [3.8, 4) is 0 Å². The molecule has 0 aliphatic carbocycles. The van der Waals surface area contributed by atoms with Crippen LogP contribution in [-0.4, -0.2) is 12.1 Å². The third-order valence-electron chi connectivity index (χ3n) is 3.47. The number of nitrogens with one attached hydrogen (secondary N) is 1. The molecule has 1 aliphatic heterocycles. The van der Waals surface area contributed by atoms with Crippen molar-refractivity contribution >= 4 is 0 Å². The molecule has 4 heteroatoms. The summed E-state index contributed by atoms with van der Waals surface area (Å²) in [5, 5.41) is 3.37. The van der Waals surface area contributed by atoms with Crippen molar-refractivity contribution in [3.05, 3.63) is 35.1 Å². The standard InChI is InChI=1S/C13H16F3N/c1-3-12-9(4-7(2)17-12)8-5-10(14)13(16)11(15)6-8/h5-7,9,12,17H,3-4H2,1-2H3. The van der Waals surface area contributed by atoms with Crippen LogP contribution in [0.15, 0.2) is 12.1 Å². The normalized spacial score (nSPS) is 28.6. The third-order valence-corrected chi connectivity index (χ3v) is 3.47. The molecule has 1 saturated heterocycles. The van der Waals surface area contributed by atoms with Gasteiger partial charge < -0.3 is 5.32 Å². The molecular formula is C13H16F3N. The fourth-order valence-electron chi connectivity index (χ4n) is 2.65. The minimum atomic E-state index is -1.39. The van der Waals surface area contributed by atoms with Crippen LogP contribution in [0.4, 0.5) is 13.2 Å². The van der Waals surface area contributed by atoms with Gasteiger partial charge in [0.2, 0.25) is 0 Å². The van der Waals surface area contributed by atoms with Gasteiger partial charge in [-0.05, 0) is 37.5 Å². The van der Waals surface area contributed by atoms with Crippen molar-refractivity contribution in [2.45, 2.75) is 44.7 Å². The van der Waals surface area contributed by atoms with E-state index in [1.807, 2.05) is 13.8 Å². The monoisotopic (exact) mass is 243 g/mol. The Hall–Kier alpha value is -1.03. The molecule has 1 heterocycles. The van der Waals surface area contributed by atoms with Gasteiger partial charge in [0.15, 0.2) is 17.5 Å². The highest BCUT2D eigenvalue weighted by Crippen LogP contribution is 2.33. The lowest BCUT2D eigenvalue weighted by atomic mass is 9.89. The largest absolute Gasteiger partial charge is 0.311 e. The lowest BCUT2D eigenvalue weighted by Crippen LogP contribution is -2.28. The van der Waals surface area contributed by atoms with Crippen molar-refractivity contribution in [2.24, 2.45) is 0 Å². The first-order chi connectivity index (χ1) is 8.02. The average Bonchev–Trinajstić information content (AvgIpc) is 2.66. The van der Waals surface area contributed by atoms with Gasteiger partial charge in [-0.3, -0.25) is 0 Å². The molecule has 1 fully saturated rings. The summed E-state index contributed by atoms with van der Waals surface area (Å²) in [5.74, 6) is -3.54. The molecule has 94 valence electrons. The highest BCUT2D eigenvalue weighted by molar-refractivity contribution is 5.26. The Kier molecular flexibility index (Phi) is 3.43. The maximum atomic E-state index is 13.2. The molecule has 1 aliphatic rings. The Labute approximate surface area is 99.0 Å². The number of rotatable bonds is 2. The minimum Gasteiger partial charge on any atom is -0.311 e. The summed E-state index contributed by atoms with van der Waals surface area (Å²) in [6.45, 7) is 4.07. The van der Waals surface area contributed by atoms with Crippen LogP contribution >= 0.6 is 0 Å². The van der Waals surface area contributed by atoms with Crippen LogP contribution in [0.25, 0.3) is 0 Å². The van der Waals surface area contributed by atoms with E-state index < -0.39 is 17.5 Å². The quantitative estimate of drug-likeness (QED) is 0.785. The predicted molar refractivity (Wildman–Crippen MR) is 60.4 cm³/mol. The van der Waals surface area contributed by atoms with E-state index >= 15 is 0 Å². The van der Waals surface area contributed by atoms with Crippen LogP contribution in [0.1, 0.15) is 38.2 Å². The first-order valence-electron chi connectivity index (χ1n) is 5.93. The van der Waals surface area contributed by atoms with E-state index in [0.717, 1.165) is 25.0 Å². The fourth-order valence-corrected chi connectivity index (χ4v) is 2.65. The van der Waals surface area contributed by atoms with E-state index in [2.05, 4.69) is 5.32 Å². The second-order valence-electron chi connectivity index (χ2n) is 4.72. The summed E-state index contributed by atoms with van der Waals surface area (Å²) in [6.07, 6.45) is 1.71. The van der Waals surface area contributed by atoms with Gasteiger partial charge in [-0.2, -0.15) is 0 Å². The molecule has 1 nitrogen and oxygen atoms in total. The van der Waals surface area contributed by atoms with E-state index in [4.69, 9.17) is 0 Å². The second kappa shape index (κ2) is 4.69. The topological polar surface area (TPSA) is 12.0 Å². The molecule has 0 saturated carbocycles. The van der Waals surface area contributed by atoms with Crippen LogP contribution in [0.2, 0.25) is 0 Å². The maximum Gasteiger partial charge on any atom is 0.194 e. The maximum absolute atomic E-state index is 13.2. The minimum absolute atomic E-state index is 0.0552. The second-order valence-corrected chi connectivity index (χ2v) is 4.72. The first-order valence-corrected chi connectivity index (χ1v) is 5.93. The van der Waals surface area contributed by atoms with E-state index in [-0.39, 0.29) is 12.0 Å². The SMILES string of the molecule is CCC1NC(C)CC1c1cc(F)c(F)c(F)c1. The molecule has 0 spiro atoms. The van der Waals surface area contributed by atoms with Crippen LogP contribution in [0.3, 0.4) is 0 Å². The molecule has 0 amide bonds. The van der Waals surface area contributed by atoms with Crippen molar-refractivity contribution in [1.29, 1.82) is 0 Å². The molecular weight excluding hydrogens is 227 g/mol.